The molecule has 0 radical (unpaired) electrons. The number of urea groups is 1. The van der Waals surface area contributed by atoms with E-state index in [0.29, 0.717) is 13.1 Å². The summed E-state index contributed by atoms with van der Waals surface area (Å²) in [6.45, 7) is 4.66. The van der Waals surface area contributed by atoms with Crippen LogP contribution in [0.15, 0.2) is 0 Å². The van der Waals surface area contributed by atoms with E-state index in [4.69, 9.17) is 5.11 Å². The number of carbonyl (C=O) groups excluding carboxylic acids is 1. The molecule has 2 amide bonds. The van der Waals surface area contributed by atoms with Crippen molar-refractivity contribution >= 4 is 23.8 Å². The van der Waals surface area contributed by atoms with Crippen LogP contribution in [0.25, 0.3) is 0 Å². The number of carboxylic acids is 1. The summed E-state index contributed by atoms with van der Waals surface area (Å²) in [5.74, 6) is -0.368. The molecule has 0 saturated carbocycles. The Kier molecular flexibility index (Phi) is 5.11. The minimum atomic E-state index is -0.815. The van der Waals surface area contributed by atoms with Gasteiger partial charge in [-0.3, -0.25) is 4.79 Å². The van der Waals surface area contributed by atoms with Gasteiger partial charge in [0.25, 0.3) is 0 Å². The van der Waals surface area contributed by atoms with Crippen molar-refractivity contribution in [3.05, 3.63) is 0 Å². The molecule has 1 fully saturated rings. The zero-order chi connectivity index (χ0) is 13.0. The fraction of sp³-hybridized carbons (Fsp3) is 0.818. The molecule has 5 nitrogen and oxygen atoms in total. The molecule has 1 rings (SSSR count). The summed E-state index contributed by atoms with van der Waals surface area (Å²) in [6.07, 6.45) is 1.99. The monoisotopic (exact) mass is 260 g/mol. The molecule has 17 heavy (non-hydrogen) atoms. The van der Waals surface area contributed by atoms with E-state index in [-0.39, 0.29) is 18.0 Å². The van der Waals surface area contributed by atoms with Gasteiger partial charge in [-0.25, -0.2) is 4.79 Å². The van der Waals surface area contributed by atoms with Crippen molar-refractivity contribution in [1.29, 1.82) is 0 Å². The molecule has 0 aliphatic carbocycles. The summed E-state index contributed by atoms with van der Waals surface area (Å²) >= 11 is 1.67. The predicted octanol–water partition coefficient (Wildman–Crippen LogP) is 1.10. The lowest BCUT2D eigenvalue weighted by Gasteiger charge is -2.20. The summed E-state index contributed by atoms with van der Waals surface area (Å²) < 4.78 is 0. The highest BCUT2D eigenvalue weighted by Crippen LogP contribution is 2.23. The largest absolute Gasteiger partial charge is 0.481 e. The third kappa shape index (κ3) is 3.80. The lowest BCUT2D eigenvalue weighted by molar-refractivity contribution is -0.142. The second-order valence-electron chi connectivity index (χ2n) is 4.63. The maximum Gasteiger partial charge on any atom is 0.317 e. The molecule has 1 saturated heterocycles. The second kappa shape index (κ2) is 6.14. The fourth-order valence-corrected chi connectivity index (χ4v) is 2.63. The van der Waals surface area contributed by atoms with Gasteiger partial charge in [0.1, 0.15) is 0 Å². The Bertz CT molecular complexity index is 298. The average Bonchev–Trinajstić information content (AvgIpc) is 2.60. The number of carboxylic acid groups (broad SMARTS) is 1. The summed E-state index contributed by atoms with van der Waals surface area (Å²) in [7, 11) is 0. The van der Waals surface area contributed by atoms with Crippen LogP contribution in [0.1, 0.15) is 13.8 Å². The molecule has 0 aromatic heterocycles. The summed E-state index contributed by atoms with van der Waals surface area (Å²) in [5.41, 5.74) is 0. The van der Waals surface area contributed by atoms with Crippen LogP contribution < -0.4 is 5.32 Å². The maximum atomic E-state index is 11.9. The molecule has 98 valence electrons. The number of rotatable bonds is 4. The van der Waals surface area contributed by atoms with Crippen LogP contribution in [0.4, 0.5) is 4.79 Å². The van der Waals surface area contributed by atoms with Gasteiger partial charge in [0.2, 0.25) is 0 Å². The summed E-state index contributed by atoms with van der Waals surface area (Å²) in [5, 5.41) is 11.9. The first kappa shape index (κ1) is 14.2. The number of carbonyl (C=O) groups is 2. The topological polar surface area (TPSA) is 69.6 Å². The van der Waals surface area contributed by atoms with Crippen LogP contribution in [-0.2, 0) is 4.79 Å². The molecule has 0 spiro atoms. The Balaban J connectivity index is 2.47. The molecule has 1 aliphatic heterocycles. The van der Waals surface area contributed by atoms with Crippen molar-refractivity contribution in [2.75, 3.05) is 25.1 Å². The summed E-state index contributed by atoms with van der Waals surface area (Å²) in [6, 6.07) is -0.0427. The van der Waals surface area contributed by atoms with E-state index in [1.54, 1.807) is 16.7 Å². The molecule has 2 N–H and O–H groups in total. The van der Waals surface area contributed by atoms with Crippen molar-refractivity contribution in [2.45, 2.75) is 19.9 Å². The SMILES string of the molecule is CSCC(C)NC(=O)N1CC(C)C(C(=O)O)C1. The number of hydrogen-bond acceptors (Lipinski definition) is 3. The van der Waals surface area contributed by atoms with Gasteiger partial charge in [-0.15, -0.1) is 0 Å². The first-order valence-corrected chi connectivity index (χ1v) is 7.12. The minimum Gasteiger partial charge on any atom is -0.481 e. The average molecular weight is 260 g/mol. The normalized spacial score (nSPS) is 25.7. The fourth-order valence-electron chi connectivity index (χ4n) is 2.05. The molecule has 3 atom stereocenters. The van der Waals surface area contributed by atoms with Gasteiger partial charge in [-0.2, -0.15) is 11.8 Å². The van der Waals surface area contributed by atoms with Gasteiger partial charge < -0.3 is 15.3 Å². The van der Waals surface area contributed by atoms with Gasteiger partial charge in [0, 0.05) is 24.9 Å². The maximum absolute atomic E-state index is 11.9. The molecular formula is C11H20N2O3S. The molecule has 6 heteroatoms. The highest BCUT2D eigenvalue weighted by molar-refractivity contribution is 7.98. The lowest BCUT2D eigenvalue weighted by atomic mass is 9.99. The van der Waals surface area contributed by atoms with Gasteiger partial charge in [0.15, 0.2) is 0 Å². The highest BCUT2D eigenvalue weighted by atomic mass is 32.2. The van der Waals surface area contributed by atoms with E-state index in [2.05, 4.69) is 5.32 Å². The van der Waals surface area contributed by atoms with Crippen LogP contribution in [0, 0.1) is 11.8 Å². The first-order valence-electron chi connectivity index (χ1n) is 5.72. The molecule has 0 bridgehead atoms. The minimum absolute atomic E-state index is 0.0223. The van der Waals surface area contributed by atoms with Crippen molar-refractivity contribution in [3.63, 3.8) is 0 Å². The lowest BCUT2D eigenvalue weighted by Crippen LogP contribution is -2.44. The first-order chi connectivity index (χ1) is 7.95. The standard InChI is InChI=1S/C11H20N2O3S/c1-7-4-13(5-9(7)10(14)15)11(16)12-8(2)6-17-3/h7-9H,4-6H2,1-3H3,(H,12,16)(H,14,15). The quantitative estimate of drug-likeness (QED) is 0.794. The zero-order valence-corrected chi connectivity index (χ0v) is 11.3. The number of aliphatic carboxylic acids is 1. The molecule has 0 aromatic carbocycles. The number of nitrogens with zero attached hydrogens (tertiary/aromatic N) is 1. The Morgan fingerprint density at radius 3 is 2.65 bits per heavy atom. The van der Waals surface area contributed by atoms with Crippen LogP contribution in [0.5, 0.6) is 0 Å². The van der Waals surface area contributed by atoms with Crippen LogP contribution in [0.2, 0.25) is 0 Å². The Labute approximate surface area is 106 Å². The molecule has 1 aliphatic rings. The highest BCUT2D eigenvalue weighted by Gasteiger charge is 2.37. The molecule has 0 aromatic rings. The van der Waals surface area contributed by atoms with E-state index in [0.717, 1.165) is 5.75 Å². The number of amides is 2. The van der Waals surface area contributed by atoms with E-state index in [1.807, 2.05) is 20.1 Å². The Hall–Kier alpha value is -0.910. The smallest absolute Gasteiger partial charge is 0.317 e. The van der Waals surface area contributed by atoms with Gasteiger partial charge in [0.05, 0.1) is 5.92 Å². The van der Waals surface area contributed by atoms with Crippen molar-refractivity contribution in [1.82, 2.24) is 10.2 Å². The number of likely N-dealkylation sites (tertiary alicyclic amines) is 1. The third-order valence-corrected chi connectivity index (χ3v) is 3.84. The van der Waals surface area contributed by atoms with Gasteiger partial charge >= 0.3 is 12.0 Å². The van der Waals surface area contributed by atoms with Crippen LogP contribution >= 0.6 is 11.8 Å². The van der Waals surface area contributed by atoms with Crippen molar-refractivity contribution in [2.24, 2.45) is 11.8 Å². The van der Waals surface area contributed by atoms with Crippen LogP contribution in [0.3, 0.4) is 0 Å². The molecular weight excluding hydrogens is 240 g/mol. The number of hydrogen-bond donors (Lipinski definition) is 2. The zero-order valence-electron chi connectivity index (χ0n) is 10.5. The van der Waals surface area contributed by atoms with E-state index in [1.165, 1.54) is 0 Å². The Morgan fingerprint density at radius 2 is 2.18 bits per heavy atom. The number of nitrogens with one attached hydrogen (secondary N) is 1. The van der Waals surface area contributed by atoms with E-state index in [9.17, 15) is 9.59 Å². The second-order valence-corrected chi connectivity index (χ2v) is 5.54. The molecule has 3 unspecified atom stereocenters. The van der Waals surface area contributed by atoms with Gasteiger partial charge in [-0.05, 0) is 19.1 Å². The third-order valence-electron chi connectivity index (χ3n) is 3.00. The summed E-state index contributed by atoms with van der Waals surface area (Å²) in [4.78, 5) is 24.4. The van der Waals surface area contributed by atoms with Crippen molar-refractivity contribution < 1.29 is 14.7 Å². The van der Waals surface area contributed by atoms with E-state index >= 15 is 0 Å². The predicted molar refractivity (Wildman–Crippen MR) is 68.2 cm³/mol. The van der Waals surface area contributed by atoms with Gasteiger partial charge in [-0.1, -0.05) is 6.92 Å². The van der Waals surface area contributed by atoms with E-state index < -0.39 is 11.9 Å². The number of thioether (sulfide) groups is 1. The molecule has 1 heterocycles. The van der Waals surface area contributed by atoms with Crippen LogP contribution in [-0.4, -0.2) is 53.1 Å². The van der Waals surface area contributed by atoms with Crippen molar-refractivity contribution in [3.8, 4) is 0 Å². The Morgan fingerprint density at radius 1 is 1.53 bits per heavy atom.